The minimum atomic E-state index is -0.662. The van der Waals surface area contributed by atoms with Crippen molar-refractivity contribution in [2.75, 3.05) is 9.80 Å². The Morgan fingerprint density at radius 2 is 0.947 bits per heavy atom. The Labute approximate surface area is 215 Å². The van der Waals surface area contributed by atoms with Gasteiger partial charge in [-0.2, -0.15) is 9.98 Å². The summed E-state index contributed by atoms with van der Waals surface area (Å²) in [6, 6.07) is 25.1. The maximum Gasteiger partial charge on any atom is 0.345 e. The molecule has 4 aromatic carbocycles. The lowest BCUT2D eigenvalue weighted by molar-refractivity contribution is 0.226. The van der Waals surface area contributed by atoms with Gasteiger partial charge in [0.1, 0.15) is 22.9 Å². The lowest BCUT2D eigenvalue weighted by atomic mass is 10.2. The second-order valence-electron chi connectivity index (χ2n) is 7.78. The van der Waals surface area contributed by atoms with Gasteiger partial charge in [0.2, 0.25) is 12.2 Å². The van der Waals surface area contributed by atoms with Gasteiger partial charge in [-0.1, -0.05) is 36.4 Å². The van der Waals surface area contributed by atoms with Crippen LogP contribution in [0, 0.1) is 0 Å². The van der Waals surface area contributed by atoms with Gasteiger partial charge in [-0.25, -0.2) is 29.0 Å². The van der Waals surface area contributed by atoms with Gasteiger partial charge >= 0.3 is 12.1 Å². The number of aliphatic imine (C=N–C) groups is 2. The first-order valence-corrected chi connectivity index (χ1v) is 11.2. The average Bonchev–Trinajstić information content (AvgIpc) is 2.93. The molecule has 0 aliphatic carbocycles. The lowest BCUT2D eigenvalue weighted by Crippen LogP contribution is -2.64. The van der Waals surface area contributed by atoms with Crippen molar-refractivity contribution in [3.05, 3.63) is 97.1 Å². The molecular formula is C28H16N4O6. The molecule has 5 rings (SSSR count). The number of amides is 4. The predicted molar refractivity (Wildman–Crippen MR) is 137 cm³/mol. The first-order chi connectivity index (χ1) is 18.6. The van der Waals surface area contributed by atoms with Gasteiger partial charge in [-0.15, -0.1) is 0 Å². The highest BCUT2D eigenvalue weighted by Crippen LogP contribution is 2.40. The number of rotatable bonds is 8. The van der Waals surface area contributed by atoms with E-state index < -0.39 is 12.1 Å². The molecule has 1 saturated heterocycles. The van der Waals surface area contributed by atoms with E-state index in [1.54, 1.807) is 48.5 Å². The maximum absolute atomic E-state index is 13.0. The summed E-state index contributed by atoms with van der Waals surface area (Å²) < 4.78 is 11.5. The molecule has 0 unspecified atom stereocenters. The molecular weight excluding hydrogens is 488 g/mol. The van der Waals surface area contributed by atoms with Crippen LogP contribution in [0.15, 0.2) is 107 Å². The molecule has 4 amide bonds. The number of imide groups is 2. The van der Waals surface area contributed by atoms with Gasteiger partial charge in [0.05, 0.1) is 11.4 Å². The van der Waals surface area contributed by atoms with Crippen LogP contribution in [0.5, 0.6) is 23.0 Å². The molecule has 10 heteroatoms. The van der Waals surface area contributed by atoms with Gasteiger partial charge < -0.3 is 9.47 Å². The van der Waals surface area contributed by atoms with Crippen LogP contribution in [0.1, 0.15) is 0 Å². The first-order valence-electron chi connectivity index (χ1n) is 11.2. The third kappa shape index (κ3) is 4.67. The molecule has 0 aromatic heterocycles. The topological polar surface area (TPSA) is 118 Å². The van der Waals surface area contributed by atoms with Crippen LogP contribution in [0.25, 0.3) is 0 Å². The summed E-state index contributed by atoms with van der Waals surface area (Å²) in [5.74, 6) is 1.51. The van der Waals surface area contributed by atoms with Crippen molar-refractivity contribution in [2.45, 2.75) is 0 Å². The van der Waals surface area contributed by atoms with Crippen LogP contribution in [-0.2, 0) is 9.59 Å². The quantitative estimate of drug-likeness (QED) is 0.193. The molecule has 1 aliphatic rings. The number of carbonyl (C=O) groups excluding carboxylic acids is 4. The Hall–Kier alpha value is -5.82. The Balaban J connectivity index is 1.40. The van der Waals surface area contributed by atoms with Crippen molar-refractivity contribution in [1.29, 1.82) is 0 Å². The molecule has 184 valence electrons. The van der Waals surface area contributed by atoms with Crippen LogP contribution < -0.4 is 19.3 Å². The third-order valence-corrected chi connectivity index (χ3v) is 5.44. The predicted octanol–water partition coefficient (Wildman–Crippen LogP) is 6.77. The number of isocyanates is 2. The second kappa shape index (κ2) is 10.4. The minimum absolute atomic E-state index is 0.0884. The number of para-hydroxylation sites is 2. The molecule has 0 bridgehead atoms. The van der Waals surface area contributed by atoms with Crippen molar-refractivity contribution < 1.29 is 28.7 Å². The van der Waals surface area contributed by atoms with E-state index in [9.17, 15) is 19.2 Å². The molecule has 1 aliphatic heterocycles. The van der Waals surface area contributed by atoms with Gasteiger partial charge in [-0.05, 0) is 60.7 Å². The number of ether oxygens (including phenoxy) is 2. The molecule has 1 fully saturated rings. The van der Waals surface area contributed by atoms with Crippen molar-refractivity contribution in [1.82, 2.24) is 0 Å². The fourth-order valence-electron chi connectivity index (χ4n) is 3.73. The van der Waals surface area contributed by atoms with E-state index in [0.29, 0.717) is 11.5 Å². The molecule has 0 radical (unpaired) electrons. The van der Waals surface area contributed by atoms with Crippen molar-refractivity contribution >= 4 is 47.0 Å². The number of nitrogens with zero attached hydrogens (tertiary/aromatic N) is 4. The highest BCUT2D eigenvalue weighted by Gasteiger charge is 2.46. The number of hydrogen-bond acceptors (Lipinski definition) is 8. The number of anilines is 2. The van der Waals surface area contributed by atoms with Crippen molar-refractivity contribution in [2.24, 2.45) is 9.98 Å². The van der Waals surface area contributed by atoms with Gasteiger partial charge in [0, 0.05) is 0 Å². The average molecular weight is 504 g/mol. The van der Waals surface area contributed by atoms with Crippen LogP contribution in [0.4, 0.5) is 32.3 Å². The smallest absolute Gasteiger partial charge is 0.345 e. The van der Waals surface area contributed by atoms with Crippen LogP contribution >= 0.6 is 0 Å². The summed E-state index contributed by atoms with van der Waals surface area (Å²) in [5.41, 5.74) is 0.539. The van der Waals surface area contributed by atoms with E-state index in [1.165, 1.54) is 48.6 Å². The molecule has 38 heavy (non-hydrogen) atoms. The summed E-state index contributed by atoms with van der Waals surface area (Å²) in [6.45, 7) is 0. The highest BCUT2D eigenvalue weighted by molar-refractivity contribution is 6.41. The third-order valence-electron chi connectivity index (χ3n) is 5.44. The van der Waals surface area contributed by atoms with E-state index in [-0.39, 0.29) is 34.2 Å². The van der Waals surface area contributed by atoms with Gasteiger partial charge in [0.15, 0.2) is 11.5 Å². The largest absolute Gasteiger partial charge is 0.455 e. The van der Waals surface area contributed by atoms with Crippen molar-refractivity contribution in [3.8, 4) is 23.0 Å². The molecule has 0 atom stereocenters. The standard InChI is InChI=1S/C28H16N4O6/c33-17-29-23-15-19(11-13-25(23)37-21-7-3-1-4-8-21)31-27(35)32(28(31)36)20-12-14-26(24(16-20)30-18-34)38-22-9-5-2-6-10-22/h1-16H. The van der Waals surface area contributed by atoms with Gasteiger partial charge in [-0.3, -0.25) is 0 Å². The maximum atomic E-state index is 13.0. The summed E-state index contributed by atoms with van der Waals surface area (Å²) in [6.07, 6.45) is 2.91. The summed E-state index contributed by atoms with van der Waals surface area (Å²) in [4.78, 5) is 57.1. The Bertz CT molecular complexity index is 1490. The fourth-order valence-corrected chi connectivity index (χ4v) is 3.73. The van der Waals surface area contributed by atoms with E-state index in [4.69, 9.17) is 9.47 Å². The fraction of sp³-hybridized carbons (Fsp3) is 0. The summed E-state index contributed by atoms with van der Waals surface area (Å²) in [5, 5.41) is 0. The zero-order chi connectivity index (χ0) is 26.5. The lowest BCUT2D eigenvalue weighted by Gasteiger charge is -2.39. The van der Waals surface area contributed by atoms with E-state index in [0.717, 1.165) is 9.80 Å². The Kier molecular flexibility index (Phi) is 6.56. The monoisotopic (exact) mass is 504 g/mol. The van der Waals surface area contributed by atoms with Gasteiger partial charge in [0.25, 0.3) is 0 Å². The SMILES string of the molecule is O=C=Nc1cc(N2C(=O)N(c3ccc(Oc4ccccc4)c(N=C=O)c3)C2=O)ccc1Oc1ccccc1. The Morgan fingerprint density at radius 3 is 1.32 bits per heavy atom. The summed E-state index contributed by atoms with van der Waals surface area (Å²) >= 11 is 0. The van der Waals surface area contributed by atoms with Crippen molar-refractivity contribution in [3.63, 3.8) is 0 Å². The van der Waals surface area contributed by atoms with Crippen LogP contribution in [-0.4, -0.2) is 24.2 Å². The molecule has 4 aromatic rings. The molecule has 0 saturated carbocycles. The zero-order valence-corrected chi connectivity index (χ0v) is 19.5. The number of urea groups is 2. The summed E-state index contributed by atoms with van der Waals surface area (Å²) in [7, 11) is 0. The number of benzene rings is 4. The highest BCUT2D eigenvalue weighted by atomic mass is 16.5. The van der Waals surface area contributed by atoms with Crippen LogP contribution in [0.2, 0.25) is 0 Å². The normalized spacial score (nSPS) is 12.2. The second-order valence-corrected chi connectivity index (χ2v) is 7.78. The van der Waals surface area contributed by atoms with Crippen LogP contribution in [0.3, 0.4) is 0 Å². The Morgan fingerprint density at radius 1 is 0.553 bits per heavy atom. The number of hydrogen-bond donors (Lipinski definition) is 0. The molecule has 0 spiro atoms. The van der Waals surface area contributed by atoms with E-state index in [2.05, 4.69) is 9.98 Å². The van der Waals surface area contributed by atoms with E-state index >= 15 is 0 Å². The molecule has 10 nitrogen and oxygen atoms in total. The molecule has 0 N–H and O–H groups in total. The minimum Gasteiger partial charge on any atom is -0.455 e. The zero-order valence-electron chi connectivity index (χ0n) is 19.5. The first kappa shape index (κ1) is 23.9. The number of carbonyl (C=O) groups is 2. The molecule has 1 heterocycles. The van der Waals surface area contributed by atoms with E-state index in [1.807, 2.05) is 12.1 Å².